The highest BCUT2D eigenvalue weighted by Gasteiger charge is 2.21. The third-order valence-corrected chi connectivity index (χ3v) is 3.77. The van der Waals surface area contributed by atoms with Crippen molar-refractivity contribution >= 4 is 16.5 Å². The Bertz CT molecular complexity index is 532. The number of fused-ring (bicyclic) bond motifs is 1. The summed E-state index contributed by atoms with van der Waals surface area (Å²) in [5.74, 6) is 0.567. The Hall–Kier alpha value is -1.54. The third kappa shape index (κ3) is 2.21. The van der Waals surface area contributed by atoms with Crippen LogP contribution in [0.1, 0.15) is 13.3 Å². The largest absolute Gasteiger partial charge is 0.381 e. The summed E-state index contributed by atoms with van der Waals surface area (Å²) < 4.78 is 5.50. The molecule has 1 fully saturated rings. The fraction of sp³-hybridized carbons (Fsp3) is 0.375. The minimum atomic E-state index is 0.518. The second-order valence-electron chi connectivity index (χ2n) is 5.12. The molecular formula is C16H19NO. The van der Waals surface area contributed by atoms with E-state index in [-0.39, 0.29) is 0 Å². The number of hydrogen-bond acceptors (Lipinski definition) is 2. The lowest BCUT2D eigenvalue weighted by molar-refractivity contribution is 0.0538. The number of anilines is 1. The number of benzene rings is 2. The van der Waals surface area contributed by atoms with Crippen LogP contribution in [0.3, 0.4) is 0 Å². The summed E-state index contributed by atoms with van der Waals surface area (Å²) in [5.41, 5.74) is 1.24. The van der Waals surface area contributed by atoms with Gasteiger partial charge in [0.2, 0.25) is 0 Å². The van der Waals surface area contributed by atoms with E-state index in [1.165, 1.54) is 16.5 Å². The molecule has 18 heavy (non-hydrogen) atoms. The highest BCUT2D eigenvalue weighted by Crippen LogP contribution is 2.26. The van der Waals surface area contributed by atoms with Gasteiger partial charge in [-0.05, 0) is 23.8 Å². The van der Waals surface area contributed by atoms with Crippen molar-refractivity contribution in [2.45, 2.75) is 19.4 Å². The first-order valence-corrected chi connectivity index (χ1v) is 6.66. The van der Waals surface area contributed by atoms with Crippen molar-refractivity contribution in [2.75, 3.05) is 18.5 Å². The Morgan fingerprint density at radius 1 is 1.11 bits per heavy atom. The topological polar surface area (TPSA) is 21.3 Å². The molecule has 2 heteroatoms. The van der Waals surface area contributed by atoms with Gasteiger partial charge in [0.25, 0.3) is 0 Å². The highest BCUT2D eigenvalue weighted by atomic mass is 16.5. The van der Waals surface area contributed by atoms with E-state index in [9.17, 15) is 0 Å². The standard InChI is InChI=1S/C16H19NO/c1-12-11-18-10-9-15(12)17-16-8-4-6-13-5-2-3-7-14(13)16/h2-8,12,15,17H,9-11H2,1H3. The molecular weight excluding hydrogens is 222 g/mol. The molecule has 2 aromatic rings. The van der Waals surface area contributed by atoms with Gasteiger partial charge < -0.3 is 10.1 Å². The van der Waals surface area contributed by atoms with E-state index >= 15 is 0 Å². The zero-order valence-electron chi connectivity index (χ0n) is 10.7. The van der Waals surface area contributed by atoms with Gasteiger partial charge >= 0.3 is 0 Å². The van der Waals surface area contributed by atoms with Crippen LogP contribution >= 0.6 is 0 Å². The minimum absolute atomic E-state index is 0.518. The van der Waals surface area contributed by atoms with Crippen LogP contribution in [0.2, 0.25) is 0 Å². The summed E-state index contributed by atoms with van der Waals surface area (Å²) in [6, 6.07) is 15.5. The van der Waals surface area contributed by atoms with Gasteiger partial charge in [0, 0.05) is 23.7 Å². The maximum atomic E-state index is 5.50. The van der Waals surface area contributed by atoms with Crippen molar-refractivity contribution in [3.63, 3.8) is 0 Å². The lowest BCUT2D eigenvalue weighted by atomic mass is 9.97. The van der Waals surface area contributed by atoms with E-state index in [1.54, 1.807) is 0 Å². The minimum Gasteiger partial charge on any atom is -0.381 e. The predicted octanol–water partition coefficient (Wildman–Crippen LogP) is 3.68. The van der Waals surface area contributed by atoms with E-state index in [0.717, 1.165) is 19.6 Å². The lowest BCUT2D eigenvalue weighted by Gasteiger charge is -2.30. The van der Waals surface area contributed by atoms with Gasteiger partial charge in [0.15, 0.2) is 0 Å². The Morgan fingerprint density at radius 2 is 1.94 bits per heavy atom. The van der Waals surface area contributed by atoms with Crippen molar-refractivity contribution in [3.05, 3.63) is 42.5 Å². The summed E-state index contributed by atoms with van der Waals surface area (Å²) in [6.07, 6.45) is 1.09. The monoisotopic (exact) mass is 241 g/mol. The summed E-state index contributed by atoms with van der Waals surface area (Å²) >= 11 is 0. The molecule has 0 aliphatic carbocycles. The zero-order chi connectivity index (χ0) is 12.4. The molecule has 2 nitrogen and oxygen atoms in total. The van der Waals surface area contributed by atoms with Crippen LogP contribution in [-0.4, -0.2) is 19.3 Å². The van der Waals surface area contributed by atoms with Crippen LogP contribution in [0.25, 0.3) is 10.8 Å². The summed E-state index contributed by atoms with van der Waals surface area (Å²) in [4.78, 5) is 0. The van der Waals surface area contributed by atoms with Gasteiger partial charge in [-0.25, -0.2) is 0 Å². The normalized spacial score (nSPS) is 24.1. The van der Waals surface area contributed by atoms with E-state index in [0.29, 0.717) is 12.0 Å². The molecule has 0 aromatic heterocycles. The number of rotatable bonds is 2. The molecule has 0 radical (unpaired) electrons. The van der Waals surface area contributed by atoms with E-state index in [1.807, 2.05) is 0 Å². The highest BCUT2D eigenvalue weighted by molar-refractivity contribution is 5.93. The van der Waals surface area contributed by atoms with Crippen LogP contribution in [0.4, 0.5) is 5.69 Å². The lowest BCUT2D eigenvalue weighted by Crippen LogP contribution is -2.35. The van der Waals surface area contributed by atoms with E-state index in [4.69, 9.17) is 4.74 Å². The van der Waals surface area contributed by atoms with Crippen molar-refractivity contribution in [2.24, 2.45) is 5.92 Å². The maximum absolute atomic E-state index is 5.50. The van der Waals surface area contributed by atoms with Gasteiger partial charge in [0.05, 0.1) is 6.61 Å². The molecule has 1 aliphatic rings. The van der Waals surface area contributed by atoms with Crippen molar-refractivity contribution in [1.29, 1.82) is 0 Å². The number of hydrogen-bond donors (Lipinski definition) is 1. The van der Waals surface area contributed by atoms with E-state index < -0.39 is 0 Å². The molecule has 0 bridgehead atoms. The third-order valence-electron chi connectivity index (χ3n) is 3.77. The Kier molecular flexibility index (Phi) is 3.20. The quantitative estimate of drug-likeness (QED) is 0.866. The molecule has 1 heterocycles. The van der Waals surface area contributed by atoms with Crippen LogP contribution < -0.4 is 5.32 Å². The molecule has 0 spiro atoms. The van der Waals surface area contributed by atoms with Gasteiger partial charge in [-0.15, -0.1) is 0 Å². The molecule has 1 N–H and O–H groups in total. The summed E-state index contributed by atoms with van der Waals surface area (Å²) in [6.45, 7) is 3.98. The predicted molar refractivity (Wildman–Crippen MR) is 76.0 cm³/mol. The van der Waals surface area contributed by atoms with Crippen molar-refractivity contribution in [1.82, 2.24) is 0 Å². The van der Waals surface area contributed by atoms with Crippen molar-refractivity contribution in [3.8, 4) is 0 Å². The first kappa shape index (κ1) is 11.5. The fourth-order valence-corrected chi connectivity index (χ4v) is 2.65. The molecule has 3 rings (SSSR count). The van der Waals surface area contributed by atoms with Gasteiger partial charge in [-0.2, -0.15) is 0 Å². The second-order valence-corrected chi connectivity index (χ2v) is 5.12. The van der Waals surface area contributed by atoms with Crippen LogP contribution in [0, 0.1) is 5.92 Å². The van der Waals surface area contributed by atoms with Crippen LogP contribution in [-0.2, 0) is 4.74 Å². The van der Waals surface area contributed by atoms with Crippen LogP contribution in [0.5, 0.6) is 0 Å². The summed E-state index contributed by atoms with van der Waals surface area (Å²) in [7, 11) is 0. The number of ether oxygens (including phenoxy) is 1. The van der Waals surface area contributed by atoms with Gasteiger partial charge in [-0.1, -0.05) is 43.3 Å². The first-order valence-electron chi connectivity index (χ1n) is 6.66. The SMILES string of the molecule is CC1COCCC1Nc1cccc2ccccc12. The molecule has 2 unspecified atom stereocenters. The molecule has 0 saturated carbocycles. The molecule has 1 aliphatic heterocycles. The zero-order valence-corrected chi connectivity index (χ0v) is 10.7. The Morgan fingerprint density at radius 3 is 2.83 bits per heavy atom. The first-order chi connectivity index (χ1) is 8.84. The summed E-state index contributed by atoms with van der Waals surface area (Å²) in [5, 5.41) is 6.29. The molecule has 2 aromatic carbocycles. The van der Waals surface area contributed by atoms with Crippen LogP contribution in [0.15, 0.2) is 42.5 Å². The Labute approximate surface area is 108 Å². The number of nitrogens with one attached hydrogen (secondary N) is 1. The second kappa shape index (κ2) is 4.99. The average molecular weight is 241 g/mol. The fourth-order valence-electron chi connectivity index (χ4n) is 2.65. The average Bonchev–Trinajstić information content (AvgIpc) is 2.42. The van der Waals surface area contributed by atoms with Gasteiger partial charge in [0.1, 0.15) is 0 Å². The maximum Gasteiger partial charge on any atom is 0.0511 e. The molecule has 1 saturated heterocycles. The molecule has 2 atom stereocenters. The van der Waals surface area contributed by atoms with Crippen molar-refractivity contribution < 1.29 is 4.74 Å². The Balaban J connectivity index is 1.90. The molecule has 94 valence electrons. The smallest absolute Gasteiger partial charge is 0.0511 e. The van der Waals surface area contributed by atoms with Gasteiger partial charge in [-0.3, -0.25) is 0 Å². The van der Waals surface area contributed by atoms with E-state index in [2.05, 4.69) is 54.7 Å². The molecule has 0 amide bonds.